The first-order valence-corrected chi connectivity index (χ1v) is 4.53. The molecule has 0 aliphatic rings. The van der Waals surface area contributed by atoms with Gasteiger partial charge >= 0.3 is 0 Å². The molecule has 0 saturated carbocycles. The van der Waals surface area contributed by atoms with E-state index in [2.05, 4.69) is 4.98 Å². The molecule has 74 valence electrons. The molecule has 2 aromatic rings. The van der Waals surface area contributed by atoms with E-state index in [0.29, 0.717) is 11.5 Å². The number of nitrogens with two attached hydrogens (primary N) is 1. The lowest BCUT2D eigenvalue weighted by Gasteiger charge is -2.10. The molecule has 0 radical (unpaired) electrons. The van der Waals surface area contributed by atoms with Crippen LogP contribution in [0.4, 0.5) is 5.69 Å². The number of aromatic nitrogens is 2. The number of para-hydroxylation sites is 1. The third-order valence-corrected chi connectivity index (χ3v) is 2.25. The van der Waals surface area contributed by atoms with Gasteiger partial charge in [-0.2, -0.15) is 5.26 Å². The maximum absolute atomic E-state index is 8.88. The Morgan fingerprint density at radius 1 is 1.47 bits per heavy atom. The van der Waals surface area contributed by atoms with Crippen LogP contribution in [0.3, 0.4) is 0 Å². The summed E-state index contributed by atoms with van der Waals surface area (Å²) in [4.78, 5) is 3.94. The number of imidazole rings is 1. The monoisotopic (exact) mass is 198 g/mol. The number of nitrogen functional groups attached to an aromatic ring is 1. The summed E-state index contributed by atoms with van der Waals surface area (Å²) < 4.78 is 1.70. The van der Waals surface area contributed by atoms with E-state index in [1.54, 1.807) is 17.0 Å². The Labute approximate surface area is 87.6 Å². The van der Waals surface area contributed by atoms with Crippen LogP contribution < -0.4 is 5.73 Å². The van der Waals surface area contributed by atoms with Crippen molar-refractivity contribution in [1.82, 2.24) is 9.55 Å². The summed E-state index contributed by atoms with van der Waals surface area (Å²) >= 11 is 0. The Balaban J connectivity index is 2.70. The van der Waals surface area contributed by atoms with Crippen molar-refractivity contribution >= 4 is 5.69 Å². The first-order chi connectivity index (χ1) is 7.24. The van der Waals surface area contributed by atoms with E-state index in [1.807, 2.05) is 31.2 Å². The van der Waals surface area contributed by atoms with E-state index in [0.717, 1.165) is 11.3 Å². The van der Waals surface area contributed by atoms with Crippen LogP contribution in [0.5, 0.6) is 0 Å². The molecular formula is C11H10N4. The van der Waals surface area contributed by atoms with Crippen molar-refractivity contribution in [3.63, 3.8) is 0 Å². The number of hydrogen-bond donors (Lipinski definition) is 1. The van der Waals surface area contributed by atoms with Crippen LogP contribution >= 0.6 is 0 Å². The lowest BCUT2D eigenvalue weighted by molar-refractivity contribution is 1.01. The van der Waals surface area contributed by atoms with Crippen molar-refractivity contribution in [1.29, 1.82) is 5.26 Å². The summed E-state index contributed by atoms with van der Waals surface area (Å²) in [6.07, 6.45) is 3.32. The van der Waals surface area contributed by atoms with Crippen LogP contribution in [-0.4, -0.2) is 9.55 Å². The third-order valence-electron chi connectivity index (χ3n) is 2.25. The van der Waals surface area contributed by atoms with Gasteiger partial charge in [0.05, 0.1) is 11.4 Å². The topological polar surface area (TPSA) is 67.6 Å². The van der Waals surface area contributed by atoms with Gasteiger partial charge in [-0.15, -0.1) is 0 Å². The summed E-state index contributed by atoms with van der Waals surface area (Å²) in [5.41, 5.74) is 8.36. The van der Waals surface area contributed by atoms with Gasteiger partial charge in [-0.3, -0.25) is 4.57 Å². The highest BCUT2D eigenvalue weighted by Crippen LogP contribution is 2.22. The van der Waals surface area contributed by atoms with Crippen LogP contribution in [0.2, 0.25) is 0 Å². The highest BCUT2D eigenvalue weighted by Gasteiger charge is 2.09. The van der Waals surface area contributed by atoms with Crippen LogP contribution in [0, 0.1) is 18.3 Å². The summed E-state index contributed by atoms with van der Waals surface area (Å²) in [6.45, 7) is 1.95. The van der Waals surface area contributed by atoms with Gasteiger partial charge in [-0.05, 0) is 18.6 Å². The molecule has 0 unspecified atom stereocenters. The van der Waals surface area contributed by atoms with Crippen molar-refractivity contribution in [3.8, 4) is 11.8 Å². The van der Waals surface area contributed by atoms with Gasteiger partial charge in [0.25, 0.3) is 0 Å². The van der Waals surface area contributed by atoms with Gasteiger partial charge < -0.3 is 5.73 Å². The van der Waals surface area contributed by atoms with E-state index in [-0.39, 0.29) is 0 Å². The second-order valence-corrected chi connectivity index (χ2v) is 3.25. The molecule has 0 spiro atoms. The predicted octanol–water partition coefficient (Wildman–Crippen LogP) is 1.63. The van der Waals surface area contributed by atoms with Crippen molar-refractivity contribution in [3.05, 3.63) is 42.0 Å². The number of benzene rings is 1. The zero-order valence-electron chi connectivity index (χ0n) is 8.31. The fourth-order valence-electron chi connectivity index (χ4n) is 1.58. The molecule has 0 aliphatic heterocycles. The molecule has 0 fully saturated rings. The lowest BCUT2D eigenvalue weighted by Crippen LogP contribution is -2.03. The van der Waals surface area contributed by atoms with Crippen LogP contribution in [0.15, 0.2) is 30.6 Å². The fraction of sp³-hybridized carbons (Fsp3) is 0.0909. The number of anilines is 1. The average molecular weight is 198 g/mol. The largest absolute Gasteiger partial charge is 0.397 e. The van der Waals surface area contributed by atoms with Crippen molar-refractivity contribution < 1.29 is 0 Å². The highest BCUT2D eigenvalue weighted by atomic mass is 15.1. The SMILES string of the molecule is Cc1cccc(N)c1-n1ccnc1C#N. The highest BCUT2D eigenvalue weighted by molar-refractivity contribution is 5.62. The van der Waals surface area contributed by atoms with E-state index in [4.69, 9.17) is 11.0 Å². The summed E-state index contributed by atoms with van der Waals surface area (Å²) in [5, 5.41) is 8.88. The molecule has 1 aromatic heterocycles. The molecule has 15 heavy (non-hydrogen) atoms. The van der Waals surface area contributed by atoms with Gasteiger partial charge in [0.1, 0.15) is 6.07 Å². The Morgan fingerprint density at radius 2 is 2.27 bits per heavy atom. The molecule has 2 N–H and O–H groups in total. The predicted molar refractivity (Wildman–Crippen MR) is 57.4 cm³/mol. The van der Waals surface area contributed by atoms with Crippen LogP contribution in [-0.2, 0) is 0 Å². The van der Waals surface area contributed by atoms with Gasteiger partial charge in [-0.1, -0.05) is 12.1 Å². The second kappa shape index (κ2) is 3.46. The number of aryl methyl sites for hydroxylation is 1. The van der Waals surface area contributed by atoms with E-state index in [9.17, 15) is 0 Å². The van der Waals surface area contributed by atoms with Crippen molar-refractivity contribution in [2.45, 2.75) is 6.92 Å². The lowest BCUT2D eigenvalue weighted by atomic mass is 10.1. The summed E-state index contributed by atoms with van der Waals surface area (Å²) in [5.74, 6) is 0.344. The molecule has 0 aliphatic carbocycles. The molecule has 1 heterocycles. The number of hydrogen-bond acceptors (Lipinski definition) is 3. The van der Waals surface area contributed by atoms with E-state index >= 15 is 0 Å². The quantitative estimate of drug-likeness (QED) is 0.708. The molecule has 4 heteroatoms. The van der Waals surface area contributed by atoms with Crippen LogP contribution in [0.25, 0.3) is 5.69 Å². The summed E-state index contributed by atoms with van der Waals surface area (Å²) in [7, 11) is 0. The zero-order valence-corrected chi connectivity index (χ0v) is 8.31. The zero-order chi connectivity index (χ0) is 10.8. The Morgan fingerprint density at radius 3 is 2.93 bits per heavy atom. The molecule has 0 atom stereocenters. The van der Waals surface area contributed by atoms with Gasteiger partial charge in [0, 0.05) is 12.4 Å². The standard InChI is InChI=1S/C11H10N4/c1-8-3-2-4-9(13)11(8)15-6-5-14-10(15)7-12/h2-6H,13H2,1H3. The fourth-order valence-corrected chi connectivity index (χ4v) is 1.58. The molecule has 0 bridgehead atoms. The van der Waals surface area contributed by atoms with Crippen molar-refractivity contribution in [2.24, 2.45) is 0 Å². The Bertz CT molecular complexity index is 514. The first kappa shape index (κ1) is 9.28. The molecule has 1 aromatic carbocycles. The maximum atomic E-state index is 8.88. The average Bonchev–Trinajstić information content (AvgIpc) is 2.65. The molecule has 0 amide bonds. The van der Waals surface area contributed by atoms with Gasteiger partial charge in [0.2, 0.25) is 5.82 Å². The van der Waals surface area contributed by atoms with Gasteiger partial charge in [-0.25, -0.2) is 4.98 Å². The molecular weight excluding hydrogens is 188 g/mol. The first-order valence-electron chi connectivity index (χ1n) is 4.53. The van der Waals surface area contributed by atoms with E-state index < -0.39 is 0 Å². The van der Waals surface area contributed by atoms with Gasteiger partial charge in [0.15, 0.2) is 0 Å². The van der Waals surface area contributed by atoms with Crippen LogP contribution in [0.1, 0.15) is 11.4 Å². The second-order valence-electron chi connectivity index (χ2n) is 3.25. The number of nitrogens with zero attached hydrogens (tertiary/aromatic N) is 3. The minimum absolute atomic E-state index is 0.344. The smallest absolute Gasteiger partial charge is 0.217 e. The Hall–Kier alpha value is -2.28. The summed E-state index contributed by atoms with van der Waals surface area (Å²) in [6, 6.07) is 7.67. The molecule has 4 nitrogen and oxygen atoms in total. The van der Waals surface area contributed by atoms with Crippen molar-refractivity contribution in [2.75, 3.05) is 5.73 Å². The Kier molecular flexibility index (Phi) is 2.14. The number of nitriles is 1. The molecule has 0 saturated heterocycles. The third kappa shape index (κ3) is 1.44. The number of rotatable bonds is 1. The normalized spacial score (nSPS) is 9.87. The minimum Gasteiger partial charge on any atom is -0.397 e. The molecule has 2 rings (SSSR count). The minimum atomic E-state index is 0.344. The maximum Gasteiger partial charge on any atom is 0.217 e. The van der Waals surface area contributed by atoms with E-state index in [1.165, 1.54) is 0 Å².